The summed E-state index contributed by atoms with van der Waals surface area (Å²) < 4.78 is 10.7. The summed E-state index contributed by atoms with van der Waals surface area (Å²) in [5.74, 6) is 2.45. The summed E-state index contributed by atoms with van der Waals surface area (Å²) in [5.41, 5.74) is 3.63. The standard InChI is InChI=1S/C24H25N3O2S/c1-28-20-12-11-17(14-21(20)29-2)8-6-7-13-25-23-22-19(18-9-4-3-5-10-18)15-30-24(22)27-16-26-23/h3-5,9-12,14-16H,6-8,13H2,1-2H3,(H,25,26,27). The van der Waals surface area contributed by atoms with Gasteiger partial charge in [-0.2, -0.15) is 0 Å². The molecule has 0 bridgehead atoms. The van der Waals surface area contributed by atoms with Gasteiger partial charge in [0.1, 0.15) is 17.0 Å². The van der Waals surface area contributed by atoms with Gasteiger partial charge in [-0.15, -0.1) is 11.3 Å². The van der Waals surface area contributed by atoms with Crippen molar-refractivity contribution in [2.24, 2.45) is 0 Å². The van der Waals surface area contributed by atoms with Gasteiger partial charge in [0.05, 0.1) is 19.6 Å². The minimum atomic E-state index is 0.765. The fraction of sp³-hybridized carbons (Fsp3) is 0.250. The number of aryl methyl sites for hydroxylation is 1. The van der Waals surface area contributed by atoms with Crippen molar-refractivity contribution in [3.63, 3.8) is 0 Å². The summed E-state index contributed by atoms with van der Waals surface area (Å²) in [6, 6.07) is 16.5. The second-order valence-electron chi connectivity index (χ2n) is 6.99. The molecule has 0 unspecified atom stereocenters. The zero-order valence-electron chi connectivity index (χ0n) is 17.2. The van der Waals surface area contributed by atoms with Gasteiger partial charge in [-0.25, -0.2) is 9.97 Å². The van der Waals surface area contributed by atoms with E-state index >= 15 is 0 Å². The number of hydrogen-bond donors (Lipinski definition) is 1. The molecule has 5 nitrogen and oxygen atoms in total. The van der Waals surface area contributed by atoms with Gasteiger partial charge in [-0.3, -0.25) is 0 Å². The summed E-state index contributed by atoms with van der Waals surface area (Å²) >= 11 is 1.66. The van der Waals surface area contributed by atoms with Gasteiger partial charge in [0.25, 0.3) is 0 Å². The summed E-state index contributed by atoms with van der Waals surface area (Å²) in [5, 5.41) is 6.79. The van der Waals surface area contributed by atoms with Crippen LogP contribution in [0, 0.1) is 0 Å². The van der Waals surface area contributed by atoms with Crippen molar-refractivity contribution < 1.29 is 9.47 Å². The van der Waals surface area contributed by atoms with Crippen LogP contribution < -0.4 is 14.8 Å². The van der Waals surface area contributed by atoms with E-state index in [1.807, 2.05) is 12.1 Å². The van der Waals surface area contributed by atoms with E-state index in [0.717, 1.165) is 53.3 Å². The zero-order chi connectivity index (χ0) is 20.8. The van der Waals surface area contributed by atoms with Crippen molar-refractivity contribution in [3.05, 3.63) is 65.8 Å². The Morgan fingerprint density at radius 1 is 0.933 bits per heavy atom. The molecular weight excluding hydrogens is 394 g/mol. The lowest BCUT2D eigenvalue weighted by atomic mass is 10.1. The molecule has 0 amide bonds. The van der Waals surface area contributed by atoms with Crippen molar-refractivity contribution >= 4 is 27.4 Å². The van der Waals surface area contributed by atoms with E-state index in [1.165, 1.54) is 16.7 Å². The van der Waals surface area contributed by atoms with Crippen molar-refractivity contribution in [1.29, 1.82) is 0 Å². The van der Waals surface area contributed by atoms with E-state index < -0.39 is 0 Å². The molecule has 0 spiro atoms. The number of aromatic nitrogens is 2. The number of hydrogen-bond acceptors (Lipinski definition) is 6. The number of fused-ring (bicyclic) bond motifs is 1. The quantitative estimate of drug-likeness (QED) is 0.347. The molecule has 1 N–H and O–H groups in total. The van der Waals surface area contributed by atoms with E-state index in [-0.39, 0.29) is 0 Å². The molecule has 154 valence electrons. The molecule has 0 saturated heterocycles. The molecule has 0 saturated carbocycles. The third-order valence-electron chi connectivity index (χ3n) is 5.09. The SMILES string of the molecule is COc1ccc(CCCCNc2ncnc3scc(-c4ccccc4)c23)cc1OC. The van der Waals surface area contributed by atoms with E-state index in [1.54, 1.807) is 31.9 Å². The maximum Gasteiger partial charge on any atom is 0.160 e. The first-order valence-electron chi connectivity index (χ1n) is 10.0. The molecule has 2 heterocycles. The first kappa shape index (κ1) is 20.2. The van der Waals surface area contributed by atoms with Gasteiger partial charge in [-0.05, 0) is 42.5 Å². The van der Waals surface area contributed by atoms with Crippen LogP contribution in [0.4, 0.5) is 5.82 Å². The van der Waals surface area contributed by atoms with Crippen molar-refractivity contribution in [2.75, 3.05) is 26.1 Å². The van der Waals surface area contributed by atoms with Gasteiger partial charge in [-0.1, -0.05) is 36.4 Å². The van der Waals surface area contributed by atoms with Crippen molar-refractivity contribution in [1.82, 2.24) is 9.97 Å². The molecule has 0 aliphatic rings. The largest absolute Gasteiger partial charge is 0.493 e. The van der Waals surface area contributed by atoms with Crippen molar-refractivity contribution in [2.45, 2.75) is 19.3 Å². The molecule has 0 aliphatic heterocycles. The Balaban J connectivity index is 1.38. The lowest BCUT2D eigenvalue weighted by Crippen LogP contribution is -2.04. The monoisotopic (exact) mass is 419 g/mol. The third-order valence-corrected chi connectivity index (χ3v) is 5.97. The Morgan fingerprint density at radius 3 is 2.57 bits per heavy atom. The summed E-state index contributed by atoms with van der Waals surface area (Å²) in [7, 11) is 3.33. The van der Waals surface area contributed by atoms with Crippen LogP contribution in [0.15, 0.2) is 60.2 Å². The number of anilines is 1. The molecule has 2 aromatic heterocycles. The van der Waals surface area contributed by atoms with Gasteiger partial charge in [0, 0.05) is 17.5 Å². The number of ether oxygens (including phenoxy) is 2. The van der Waals surface area contributed by atoms with E-state index in [2.05, 4.69) is 57.1 Å². The first-order valence-corrected chi connectivity index (χ1v) is 10.9. The van der Waals surface area contributed by atoms with Crippen LogP contribution in [-0.2, 0) is 6.42 Å². The van der Waals surface area contributed by atoms with E-state index in [4.69, 9.17) is 9.47 Å². The second-order valence-corrected chi connectivity index (χ2v) is 7.85. The Hall–Kier alpha value is -3.12. The molecule has 4 aromatic rings. The summed E-state index contributed by atoms with van der Waals surface area (Å²) in [4.78, 5) is 9.98. The number of thiophene rings is 1. The predicted octanol–water partition coefficient (Wildman–Crippen LogP) is 5.81. The highest BCUT2D eigenvalue weighted by molar-refractivity contribution is 7.17. The fourth-order valence-corrected chi connectivity index (χ4v) is 4.45. The lowest BCUT2D eigenvalue weighted by Gasteiger charge is -2.10. The van der Waals surface area contributed by atoms with Crippen LogP contribution in [0.5, 0.6) is 11.5 Å². The molecular formula is C24H25N3O2S. The van der Waals surface area contributed by atoms with E-state index in [0.29, 0.717) is 0 Å². The van der Waals surface area contributed by atoms with Crippen molar-refractivity contribution in [3.8, 4) is 22.6 Å². The van der Waals surface area contributed by atoms with E-state index in [9.17, 15) is 0 Å². The molecule has 0 aliphatic carbocycles. The number of benzene rings is 2. The number of unbranched alkanes of at least 4 members (excludes halogenated alkanes) is 1. The summed E-state index contributed by atoms with van der Waals surface area (Å²) in [6.07, 6.45) is 4.76. The molecule has 0 atom stereocenters. The molecule has 4 rings (SSSR count). The Bertz CT molecular complexity index is 1110. The van der Waals surface area contributed by atoms with Crippen LogP contribution >= 0.6 is 11.3 Å². The second kappa shape index (κ2) is 9.59. The maximum absolute atomic E-state index is 5.39. The lowest BCUT2D eigenvalue weighted by molar-refractivity contribution is 0.354. The third kappa shape index (κ3) is 4.39. The molecule has 0 radical (unpaired) electrons. The van der Waals surface area contributed by atoms with Gasteiger partial charge in [0.15, 0.2) is 11.5 Å². The number of nitrogens with zero attached hydrogens (tertiary/aromatic N) is 2. The zero-order valence-corrected chi connectivity index (χ0v) is 18.0. The predicted molar refractivity (Wildman–Crippen MR) is 124 cm³/mol. The highest BCUT2D eigenvalue weighted by atomic mass is 32.1. The molecule has 0 fully saturated rings. The van der Waals surface area contributed by atoms with Crippen LogP contribution in [0.2, 0.25) is 0 Å². The average molecular weight is 420 g/mol. The maximum atomic E-state index is 5.39. The topological polar surface area (TPSA) is 56.3 Å². The number of rotatable bonds is 9. The highest BCUT2D eigenvalue weighted by Crippen LogP contribution is 2.36. The average Bonchev–Trinajstić information content (AvgIpc) is 3.24. The fourth-order valence-electron chi connectivity index (χ4n) is 3.54. The highest BCUT2D eigenvalue weighted by Gasteiger charge is 2.12. The molecule has 30 heavy (non-hydrogen) atoms. The van der Waals surface area contributed by atoms with Gasteiger partial charge >= 0.3 is 0 Å². The Kier molecular flexibility index (Phi) is 6.44. The minimum absolute atomic E-state index is 0.765. The number of methoxy groups -OCH3 is 2. The van der Waals surface area contributed by atoms with Crippen LogP contribution in [0.25, 0.3) is 21.3 Å². The Morgan fingerprint density at radius 2 is 1.77 bits per heavy atom. The smallest absolute Gasteiger partial charge is 0.160 e. The van der Waals surface area contributed by atoms with Gasteiger partial charge in [0.2, 0.25) is 0 Å². The van der Waals surface area contributed by atoms with Gasteiger partial charge < -0.3 is 14.8 Å². The van der Waals surface area contributed by atoms with Crippen LogP contribution in [0.3, 0.4) is 0 Å². The minimum Gasteiger partial charge on any atom is -0.493 e. The molecule has 6 heteroatoms. The van der Waals surface area contributed by atoms with Crippen LogP contribution in [0.1, 0.15) is 18.4 Å². The normalized spacial score (nSPS) is 10.9. The Labute approximate surface area is 180 Å². The molecule has 2 aromatic carbocycles. The van der Waals surface area contributed by atoms with Crippen LogP contribution in [-0.4, -0.2) is 30.7 Å². The summed E-state index contributed by atoms with van der Waals surface area (Å²) in [6.45, 7) is 0.865. The number of nitrogens with one attached hydrogen (secondary N) is 1. The first-order chi connectivity index (χ1) is 14.8.